The normalized spacial score (nSPS) is 14.5. The van der Waals surface area contributed by atoms with Gasteiger partial charge < -0.3 is 30.6 Å². The molecule has 1 fully saturated rings. The number of aromatic nitrogens is 1. The van der Waals surface area contributed by atoms with Gasteiger partial charge in [-0.25, -0.2) is 19.6 Å². The number of nitrogens with two attached hydrogens (primary N) is 2. The number of hydrogen-bond acceptors (Lipinski definition) is 11. The fraction of sp³-hybridized carbons (Fsp3) is 0.256. The highest BCUT2D eigenvalue weighted by molar-refractivity contribution is 6.04. The fourth-order valence-electron chi connectivity index (χ4n) is 6.31. The summed E-state index contributed by atoms with van der Waals surface area (Å²) in [5, 5.41) is 0. The molecular formula is C43H44N6O6. The second-order valence-corrected chi connectivity index (χ2v) is 13.0. The van der Waals surface area contributed by atoms with E-state index in [0.717, 1.165) is 59.6 Å². The molecule has 0 atom stereocenters. The Morgan fingerprint density at radius 1 is 0.709 bits per heavy atom. The summed E-state index contributed by atoms with van der Waals surface area (Å²) in [5.74, 6) is 0.755. The number of esters is 2. The lowest BCUT2D eigenvalue weighted by atomic mass is 9.99. The monoisotopic (exact) mass is 740 g/mol. The molecule has 0 aliphatic carbocycles. The highest BCUT2D eigenvalue weighted by Gasteiger charge is 2.21. The molecule has 1 saturated heterocycles. The number of carbonyl (C=O) groups excluding carboxylic acids is 3. The molecule has 4 heterocycles. The van der Waals surface area contributed by atoms with Gasteiger partial charge in [0.25, 0.3) is 5.91 Å². The molecular weight excluding hydrogens is 697 g/mol. The molecule has 12 heteroatoms. The summed E-state index contributed by atoms with van der Waals surface area (Å²) in [7, 11) is 0. The lowest BCUT2D eigenvalue weighted by Gasteiger charge is -2.15. The fourth-order valence-corrected chi connectivity index (χ4v) is 6.31. The van der Waals surface area contributed by atoms with Crippen molar-refractivity contribution in [2.24, 2.45) is 21.5 Å². The van der Waals surface area contributed by atoms with E-state index >= 15 is 0 Å². The van der Waals surface area contributed by atoms with Gasteiger partial charge in [-0.3, -0.25) is 9.78 Å². The summed E-state index contributed by atoms with van der Waals surface area (Å²) in [6, 6.07) is 24.6. The minimum Gasteiger partial charge on any atom is -0.487 e. The molecule has 0 spiro atoms. The van der Waals surface area contributed by atoms with E-state index in [9.17, 15) is 14.4 Å². The summed E-state index contributed by atoms with van der Waals surface area (Å²) >= 11 is 0. The van der Waals surface area contributed by atoms with Gasteiger partial charge in [-0.1, -0.05) is 24.3 Å². The molecule has 0 bridgehead atoms. The molecule has 1 aromatic heterocycles. The van der Waals surface area contributed by atoms with Crippen molar-refractivity contribution in [3.05, 3.63) is 119 Å². The SMILES string of the molecule is CCOC(=O)C1=Cc2cc(-c3ccc(C(=O)N4CCCC4)cc3)ccc2N=C(N)C1.CCOC(=O)C1=Cc2cc(OCc3ccccn3)ccc2N=C(N)C1. The Labute approximate surface area is 320 Å². The first-order valence-corrected chi connectivity index (χ1v) is 18.3. The van der Waals surface area contributed by atoms with Gasteiger partial charge in [0, 0.05) is 60.0 Å². The van der Waals surface area contributed by atoms with Crippen LogP contribution in [0.15, 0.2) is 106 Å². The lowest BCUT2D eigenvalue weighted by molar-refractivity contribution is -0.139. The quantitative estimate of drug-likeness (QED) is 0.173. The van der Waals surface area contributed by atoms with Gasteiger partial charge in [0.05, 0.1) is 30.3 Å². The Kier molecular flexibility index (Phi) is 12.5. The van der Waals surface area contributed by atoms with Crippen molar-refractivity contribution in [2.75, 3.05) is 26.3 Å². The number of benzene rings is 3. The van der Waals surface area contributed by atoms with Crippen LogP contribution in [-0.4, -0.2) is 65.7 Å². The van der Waals surface area contributed by atoms with Crippen molar-refractivity contribution >= 4 is 53.0 Å². The smallest absolute Gasteiger partial charge is 0.334 e. The first-order chi connectivity index (χ1) is 26.7. The third-order valence-corrected chi connectivity index (χ3v) is 9.00. The Morgan fingerprint density at radius 2 is 1.29 bits per heavy atom. The zero-order valence-corrected chi connectivity index (χ0v) is 31.0. The molecule has 282 valence electrons. The van der Waals surface area contributed by atoms with Crippen LogP contribution in [0.25, 0.3) is 23.3 Å². The van der Waals surface area contributed by atoms with Crippen LogP contribution in [0.5, 0.6) is 5.75 Å². The Bertz CT molecular complexity index is 2170. The summed E-state index contributed by atoms with van der Waals surface area (Å²) in [6.45, 7) is 6.20. The molecule has 0 radical (unpaired) electrons. The van der Waals surface area contributed by atoms with Gasteiger partial charge in [0.2, 0.25) is 0 Å². The van der Waals surface area contributed by atoms with Gasteiger partial charge in [0.15, 0.2) is 0 Å². The number of ether oxygens (including phenoxy) is 3. The van der Waals surface area contributed by atoms with Crippen LogP contribution < -0.4 is 16.2 Å². The van der Waals surface area contributed by atoms with Crippen molar-refractivity contribution in [3.8, 4) is 16.9 Å². The Hall–Kier alpha value is -6.56. The first kappa shape index (κ1) is 38.2. The van der Waals surface area contributed by atoms with Crippen LogP contribution in [0.1, 0.15) is 66.7 Å². The summed E-state index contributed by atoms with van der Waals surface area (Å²) < 4.78 is 16.0. The number of pyridine rings is 1. The highest BCUT2D eigenvalue weighted by Crippen LogP contribution is 2.33. The van der Waals surface area contributed by atoms with E-state index in [1.165, 1.54) is 0 Å². The van der Waals surface area contributed by atoms with E-state index in [2.05, 4.69) is 15.0 Å². The van der Waals surface area contributed by atoms with Crippen LogP contribution in [-0.2, 0) is 25.7 Å². The van der Waals surface area contributed by atoms with E-state index in [0.29, 0.717) is 59.6 Å². The third kappa shape index (κ3) is 9.91. The molecule has 1 amide bonds. The molecule has 55 heavy (non-hydrogen) atoms. The molecule has 12 nitrogen and oxygen atoms in total. The molecule has 4 N–H and O–H groups in total. The average molecular weight is 741 g/mol. The van der Waals surface area contributed by atoms with Crippen molar-refractivity contribution < 1.29 is 28.6 Å². The van der Waals surface area contributed by atoms with Crippen molar-refractivity contribution in [1.82, 2.24) is 9.88 Å². The van der Waals surface area contributed by atoms with E-state index < -0.39 is 0 Å². The molecule has 0 saturated carbocycles. The van der Waals surface area contributed by atoms with Crippen LogP contribution in [0, 0.1) is 0 Å². The van der Waals surface area contributed by atoms with E-state index in [4.69, 9.17) is 25.7 Å². The number of likely N-dealkylation sites (tertiary alicyclic amines) is 1. The van der Waals surface area contributed by atoms with Crippen LogP contribution in [0.3, 0.4) is 0 Å². The Morgan fingerprint density at radius 3 is 1.87 bits per heavy atom. The second kappa shape index (κ2) is 18.0. The van der Waals surface area contributed by atoms with Crippen LogP contribution in [0.4, 0.5) is 11.4 Å². The largest absolute Gasteiger partial charge is 0.487 e. The molecule has 3 aromatic carbocycles. The average Bonchev–Trinajstić information content (AvgIpc) is 3.61. The van der Waals surface area contributed by atoms with E-state index in [1.807, 2.05) is 83.8 Å². The van der Waals surface area contributed by atoms with Gasteiger partial charge >= 0.3 is 11.9 Å². The molecule has 3 aliphatic rings. The van der Waals surface area contributed by atoms with E-state index in [-0.39, 0.29) is 30.7 Å². The predicted molar refractivity (Wildman–Crippen MR) is 213 cm³/mol. The summed E-state index contributed by atoms with van der Waals surface area (Å²) in [6.07, 6.45) is 7.95. The molecule has 4 aromatic rings. The summed E-state index contributed by atoms with van der Waals surface area (Å²) in [4.78, 5) is 51.8. The number of amides is 1. The first-order valence-electron chi connectivity index (χ1n) is 18.3. The van der Waals surface area contributed by atoms with Gasteiger partial charge in [-0.05, 0) is 105 Å². The molecule has 0 unspecified atom stereocenters. The van der Waals surface area contributed by atoms with Gasteiger partial charge in [-0.15, -0.1) is 0 Å². The maximum absolute atomic E-state index is 12.6. The maximum Gasteiger partial charge on any atom is 0.334 e. The zero-order valence-electron chi connectivity index (χ0n) is 31.0. The third-order valence-electron chi connectivity index (χ3n) is 9.00. The minimum absolute atomic E-state index is 0.0906. The lowest BCUT2D eigenvalue weighted by Crippen LogP contribution is -2.27. The zero-order chi connectivity index (χ0) is 38.7. The van der Waals surface area contributed by atoms with Gasteiger partial charge in [0.1, 0.15) is 24.0 Å². The standard InChI is InChI=1S/C24H25N3O3.C19H19N3O3/c1-2-30-24(29)20-14-19-13-18(9-10-21(19)26-22(25)15-20)16-5-7-17(8-6-16)23(28)27-11-3-4-12-27;1-2-24-19(23)14-9-13-10-16(6-7-17(13)22-18(20)11-14)25-12-15-5-3-4-8-21-15/h5-10,13-14H,2-4,11-12,15H2,1H3,(H2,25,26);3-10H,2,11-12H2,1H3,(H2,20,22). The minimum atomic E-state index is -0.381. The number of aliphatic imine (C=N–C) groups is 2. The van der Waals surface area contributed by atoms with Crippen molar-refractivity contribution in [1.29, 1.82) is 0 Å². The van der Waals surface area contributed by atoms with Crippen molar-refractivity contribution in [2.45, 2.75) is 46.1 Å². The van der Waals surface area contributed by atoms with Crippen molar-refractivity contribution in [3.63, 3.8) is 0 Å². The topological polar surface area (TPSA) is 172 Å². The number of nitrogens with zero attached hydrogens (tertiary/aromatic N) is 4. The van der Waals surface area contributed by atoms with E-state index in [1.54, 1.807) is 32.2 Å². The summed E-state index contributed by atoms with van der Waals surface area (Å²) in [5.41, 5.74) is 19.4. The molecule has 3 aliphatic heterocycles. The molecule has 7 rings (SSSR count). The number of carbonyl (C=O) groups is 3. The number of fused-ring (bicyclic) bond motifs is 2. The number of amidine groups is 2. The van der Waals surface area contributed by atoms with Crippen LogP contribution >= 0.6 is 0 Å². The predicted octanol–water partition coefficient (Wildman–Crippen LogP) is 6.93. The number of hydrogen-bond donors (Lipinski definition) is 2. The van der Waals surface area contributed by atoms with Crippen LogP contribution in [0.2, 0.25) is 0 Å². The maximum atomic E-state index is 12.6. The Balaban J connectivity index is 0.000000190. The van der Waals surface area contributed by atoms with Gasteiger partial charge in [-0.2, -0.15) is 0 Å². The second-order valence-electron chi connectivity index (χ2n) is 13.0. The number of rotatable bonds is 9. The highest BCUT2D eigenvalue weighted by atomic mass is 16.5.